The maximum absolute atomic E-state index is 11.2. The molecule has 3 rings (SSSR count). The molecule has 0 aliphatic carbocycles. The molecule has 0 unspecified atom stereocenters. The average molecular weight is 291 g/mol. The molecule has 3 heterocycles. The Labute approximate surface area is 104 Å². The Kier molecular flexibility index (Phi) is 2.29. The van der Waals surface area contributed by atoms with E-state index in [1.54, 1.807) is 18.5 Å². The minimum Gasteiger partial charge on any atom is -0.337 e. The zero-order chi connectivity index (χ0) is 11.8. The van der Waals surface area contributed by atoms with Crippen molar-refractivity contribution in [3.05, 3.63) is 45.4 Å². The lowest BCUT2D eigenvalue weighted by molar-refractivity contribution is 1.22. The Morgan fingerprint density at radius 3 is 3.00 bits per heavy atom. The SMILES string of the molecule is O=c1cc(-c2nc3ncc(Br)cc3[nH]2)cc[nH]1. The molecule has 0 aliphatic rings. The number of rotatable bonds is 1. The van der Waals surface area contributed by atoms with Crippen LogP contribution in [0.2, 0.25) is 0 Å². The van der Waals surface area contributed by atoms with Crippen molar-refractivity contribution in [3.8, 4) is 11.4 Å². The van der Waals surface area contributed by atoms with Crippen LogP contribution in [0.3, 0.4) is 0 Å². The number of imidazole rings is 1. The number of hydrogen-bond acceptors (Lipinski definition) is 3. The number of H-pyrrole nitrogens is 2. The fourth-order valence-corrected chi connectivity index (χ4v) is 1.93. The van der Waals surface area contributed by atoms with Crippen molar-refractivity contribution in [2.75, 3.05) is 0 Å². The van der Waals surface area contributed by atoms with E-state index in [0.717, 1.165) is 15.6 Å². The van der Waals surface area contributed by atoms with E-state index in [-0.39, 0.29) is 5.56 Å². The van der Waals surface area contributed by atoms with Crippen LogP contribution in [0.5, 0.6) is 0 Å². The summed E-state index contributed by atoms with van der Waals surface area (Å²) in [5, 5.41) is 0. The number of nitrogens with zero attached hydrogens (tertiary/aromatic N) is 2. The van der Waals surface area contributed by atoms with Crippen molar-refractivity contribution in [2.45, 2.75) is 0 Å². The summed E-state index contributed by atoms with van der Waals surface area (Å²) in [6.07, 6.45) is 3.28. The molecule has 17 heavy (non-hydrogen) atoms. The Hall–Kier alpha value is -1.95. The Bertz CT molecular complexity index is 746. The van der Waals surface area contributed by atoms with E-state index >= 15 is 0 Å². The molecule has 0 radical (unpaired) electrons. The highest BCUT2D eigenvalue weighted by Crippen LogP contribution is 2.20. The first-order chi connectivity index (χ1) is 8.22. The molecular weight excluding hydrogens is 284 g/mol. The summed E-state index contributed by atoms with van der Waals surface area (Å²) < 4.78 is 0.881. The van der Waals surface area contributed by atoms with Crippen molar-refractivity contribution < 1.29 is 0 Å². The van der Waals surface area contributed by atoms with Crippen molar-refractivity contribution in [2.24, 2.45) is 0 Å². The average Bonchev–Trinajstić information content (AvgIpc) is 2.72. The van der Waals surface area contributed by atoms with Gasteiger partial charge in [-0.3, -0.25) is 4.79 Å². The highest BCUT2D eigenvalue weighted by Gasteiger charge is 2.06. The molecule has 0 amide bonds. The second-order valence-electron chi connectivity index (χ2n) is 3.55. The zero-order valence-electron chi connectivity index (χ0n) is 8.57. The first kappa shape index (κ1) is 10.2. The van der Waals surface area contributed by atoms with Gasteiger partial charge in [0.2, 0.25) is 5.56 Å². The molecule has 0 atom stereocenters. The topological polar surface area (TPSA) is 74.4 Å². The van der Waals surface area contributed by atoms with Gasteiger partial charge in [0.05, 0.1) is 5.52 Å². The number of hydrogen-bond donors (Lipinski definition) is 2. The number of pyridine rings is 2. The molecule has 6 heteroatoms. The normalized spacial score (nSPS) is 10.9. The highest BCUT2D eigenvalue weighted by molar-refractivity contribution is 9.10. The van der Waals surface area contributed by atoms with Gasteiger partial charge in [0.15, 0.2) is 5.65 Å². The molecular formula is C11H7BrN4O. The van der Waals surface area contributed by atoms with E-state index in [0.29, 0.717) is 11.5 Å². The summed E-state index contributed by atoms with van der Waals surface area (Å²) in [6.45, 7) is 0. The molecule has 0 aliphatic heterocycles. The quantitative estimate of drug-likeness (QED) is 0.720. The van der Waals surface area contributed by atoms with Crippen LogP contribution >= 0.6 is 15.9 Å². The van der Waals surface area contributed by atoms with Gasteiger partial charge in [0, 0.05) is 28.5 Å². The fourth-order valence-electron chi connectivity index (χ4n) is 1.60. The predicted octanol–water partition coefficient (Wildman–Crippen LogP) is 2.08. The third-order valence-corrected chi connectivity index (χ3v) is 2.79. The molecule has 0 fully saturated rings. The first-order valence-corrected chi connectivity index (χ1v) is 5.72. The molecule has 84 valence electrons. The van der Waals surface area contributed by atoms with Gasteiger partial charge in [-0.05, 0) is 28.1 Å². The number of aromatic amines is 2. The molecule has 0 aromatic carbocycles. The molecule has 0 bridgehead atoms. The van der Waals surface area contributed by atoms with Gasteiger partial charge in [-0.25, -0.2) is 9.97 Å². The van der Waals surface area contributed by atoms with E-state index in [1.807, 2.05) is 6.07 Å². The monoisotopic (exact) mass is 290 g/mol. The lowest BCUT2D eigenvalue weighted by atomic mass is 10.2. The lowest BCUT2D eigenvalue weighted by Gasteiger charge is -1.92. The van der Waals surface area contributed by atoms with Crippen molar-refractivity contribution in [1.29, 1.82) is 0 Å². The van der Waals surface area contributed by atoms with Gasteiger partial charge in [0.25, 0.3) is 0 Å². The summed E-state index contributed by atoms with van der Waals surface area (Å²) in [5.74, 6) is 0.636. The van der Waals surface area contributed by atoms with E-state index in [1.165, 1.54) is 6.07 Å². The zero-order valence-corrected chi connectivity index (χ0v) is 10.2. The lowest BCUT2D eigenvalue weighted by Crippen LogP contribution is -2.02. The largest absolute Gasteiger partial charge is 0.337 e. The van der Waals surface area contributed by atoms with E-state index in [2.05, 4.69) is 35.9 Å². The minimum atomic E-state index is -0.155. The molecule has 3 aromatic heterocycles. The summed E-state index contributed by atoms with van der Waals surface area (Å²) in [4.78, 5) is 25.4. The standard InChI is InChI=1S/C11H7BrN4O/c12-7-4-8-11(14-5-7)16-10(15-8)6-1-2-13-9(17)3-6/h1-5H,(H,13,17)(H,14,15,16). The van der Waals surface area contributed by atoms with Crippen LogP contribution in [0.1, 0.15) is 0 Å². The van der Waals surface area contributed by atoms with Crippen LogP contribution in [-0.2, 0) is 0 Å². The van der Waals surface area contributed by atoms with Crippen LogP contribution in [0.25, 0.3) is 22.6 Å². The minimum absolute atomic E-state index is 0.155. The molecule has 2 N–H and O–H groups in total. The summed E-state index contributed by atoms with van der Waals surface area (Å²) in [5.41, 5.74) is 2.04. The number of aromatic nitrogens is 4. The Morgan fingerprint density at radius 1 is 1.29 bits per heavy atom. The first-order valence-electron chi connectivity index (χ1n) is 4.93. The van der Waals surface area contributed by atoms with E-state index < -0.39 is 0 Å². The van der Waals surface area contributed by atoms with Gasteiger partial charge >= 0.3 is 0 Å². The van der Waals surface area contributed by atoms with Gasteiger partial charge in [-0.2, -0.15) is 0 Å². The fraction of sp³-hybridized carbons (Fsp3) is 0. The van der Waals surface area contributed by atoms with E-state index in [9.17, 15) is 4.79 Å². The van der Waals surface area contributed by atoms with Crippen molar-refractivity contribution in [1.82, 2.24) is 19.9 Å². The number of nitrogens with one attached hydrogen (secondary N) is 2. The smallest absolute Gasteiger partial charge is 0.248 e. The number of halogens is 1. The van der Waals surface area contributed by atoms with Gasteiger partial charge in [0.1, 0.15) is 5.82 Å². The van der Waals surface area contributed by atoms with Crippen LogP contribution in [0.15, 0.2) is 39.9 Å². The second-order valence-corrected chi connectivity index (χ2v) is 4.47. The molecule has 0 spiro atoms. The van der Waals surface area contributed by atoms with Gasteiger partial charge < -0.3 is 9.97 Å². The maximum Gasteiger partial charge on any atom is 0.248 e. The van der Waals surface area contributed by atoms with Gasteiger partial charge in [-0.1, -0.05) is 0 Å². The third-order valence-electron chi connectivity index (χ3n) is 2.35. The molecule has 0 saturated heterocycles. The van der Waals surface area contributed by atoms with Crippen LogP contribution in [0, 0.1) is 0 Å². The summed E-state index contributed by atoms with van der Waals surface area (Å²) in [6, 6.07) is 5.17. The second kappa shape index (κ2) is 3.81. The summed E-state index contributed by atoms with van der Waals surface area (Å²) in [7, 11) is 0. The Morgan fingerprint density at radius 2 is 2.18 bits per heavy atom. The molecule has 3 aromatic rings. The van der Waals surface area contributed by atoms with E-state index in [4.69, 9.17) is 0 Å². The van der Waals surface area contributed by atoms with Crippen molar-refractivity contribution in [3.63, 3.8) is 0 Å². The van der Waals surface area contributed by atoms with Crippen LogP contribution in [-0.4, -0.2) is 19.9 Å². The van der Waals surface area contributed by atoms with Gasteiger partial charge in [-0.15, -0.1) is 0 Å². The predicted molar refractivity (Wildman–Crippen MR) is 67.6 cm³/mol. The highest BCUT2D eigenvalue weighted by atomic mass is 79.9. The maximum atomic E-state index is 11.2. The Balaban J connectivity index is 2.21. The molecule has 0 saturated carbocycles. The van der Waals surface area contributed by atoms with Crippen molar-refractivity contribution >= 4 is 27.1 Å². The number of fused-ring (bicyclic) bond motifs is 1. The molecule has 5 nitrogen and oxygen atoms in total. The summed E-state index contributed by atoms with van der Waals surface area (Å²) >= 11 is 3.34. The van der Waals surface area contributed by atoms with Crippen LogP contribution < -0.4 is 5.56 Å². The van der Waals surface area contributed by atoms with Crippen LogP contribution in [0.4, 0.5) is 0 Å². The third kappa shape index (κ3) is 1.87.